The minimum Gasteiger partial charge on any atom is -0.348 e. The molecule has 4 rings (SSSR count). The van der Waals surface area contributed by atoms with Crippen LogP contribution in [0.4, 0.5) is 11.4 Å². The molecule has 34 heavy (non-hydrogen) atoms. The number of aromatic amines is 1. The molecule has 3 aromatic carbocycles. The first kappa shape index (κ1) is 22.6. The minimum absolute atomic E-state index is 0.141. The van der Waals surface area contributed by atoms with Crippen LogP contribution in [0.25, 0.3) is 11.1 Å². The molecule has 0 saturated heterocycles. The van der Waals surface area contributed by atoms with Crippen LogP contribution in [0.15, 0.2) is 96.4 Å². The predicted octanol–water partition coefficient (Wildman–Crippen LogP) is 4.41. The van der Waals surface area contributed by atoms with E-state index in [1.807, 2.05) is 54.6 Å². The Hall–Kier alpha value is -4.63. The third kappa shape index (κ3) is 5.78. The molecule has 0 radical (unpaired) electrons. The van der Waals surface area contributed by atoms with Crippen LogP contribution >= 0.6 is 0 Å². The molecule has 9 heteroatoms. The van der Waals surface area contributed by atoms with E-state index in [9.17, 15) is 14.9 Å². The van der Waals surface area contributed by atoms with Gasteiger partial charge in [-0.1, -0.05) is 48.5 Å². The number of hydrazine groups is 1. The molecule has 9 nitrogen and oxygen atoms in total. The Morgan fingerprint density at radius 2 is 1.82 bits per heavy atom. The van der Waals surface area contributed by atoms with Crippen molar-refractivity contribution in [2.45, 2.75) is 6.42 Å². The van der Waals surface area contributed by atoms with Gasteiger partial charge in [-0.2, -0.15) is 4.99 Å². The van der Waals surface area contributed by atoms with Gasteiger partial charge in [0.05, 0.1) is 16.9 Å². The Labute approximate surface area is 195 Å². The van der Waals surface area contributed by atoms with E-state index >= 15 is 0 Å². The molecular weight excluding hydrogens is 432 g/mol. The van der Waals surface area contributed by atoms with Gasteiger partial charge < -0.3 is 4.98 Å². The fraction of sp³-hybridized carbons (Fsp3) is 0.0800. The van der Waals surface area contributed by atoms with E-state index < -0.39 is 10.8 Å². The maximum Gasteiger partial charge on any atom is 0.278 e. The van der Waals surface area contributed by atoms with Crippen molar-refractivity contribution in [3.63, 3.8) is 0 Å². The summed E-state index contributed by atoms with van der Waals surface area (Å²) in [7, 11) is 0. The van der Waals surface area contributed by atoms with Gasteiger partial charge in [0.1, 0.15) is 6.34 Å². The van der Waals surface area contributed by atoms with E-state index in [4.69, 9.17) is 0 Å². The molecule has 0 atom stereocenters. The predicted molar refractivity (Wildman–Crippen MR) is 131 cm³/mol. The average molecular weight is 454 g/mol. The van der Waals surface area contributed by atoms with Crippen LogP contribution in [0.5, 0.6) is 0 Å². The Kier molecular flexibility index (Phi) is 7.16. The fourth-order valence-electron chi connectivity index (χ4n) is 3.31. The third-order valence-corrected chi connectivity index (χ3v) is 5.08. The number of rotatable bonds is 9. The van der Waals surface area contributed by atoms with E-state index in [1.165, 1.54) is 30.6 Å². The van der Waals surface area contributed by atoms with E-state index in [1.54, 1.807) is 17.5 Å². The van der Waals surface area contributed by atoms with E-state index in [0.717, 1.165) is 22.5 Å². The van der Waals surface area contributed by atoms with Gasteiger partial charge >= 0.3 is 0 Å². The first-order valence-corrected chi connectivity index (χ1v) is 10.6. The number of H-pyrrole nitrogens is 1. The molecule has 2 N–H and O–H groups in total. The van der Waals surface area contributed by atoms with Crippen molar-refractivity contribution >= 4 is 23.6 Å². The number of nitrogens with one attached hydrogen (secondary N) is 2. The lowest BCUT2D eigenvalue weighted by molar-refractivity contribution is -0.384. The molecule has 0 unspecified atom stereocenters. The number of non-ortho nitro benzene ring substituents is 1. The van der Waals surface area contributed by atoms with Crippen LogP contribution in [0.2, 0.25) is 0 Å². The molecule has 1 heterocycles. The second kappa shape index (κ2) is 10.8. The molecular formula is C25H22N6O3. The summed E-state index contributed by atoms with van der Waals surface area (Å²) in [5.74, 6) is -0.579. The first-order valence-electron chi connectivity index (χ1n) is 10.6. The van der Waals surface area contributed by atoms with E-state index in [-0.39, 0.29) is 11.3 Å². The molecule has 0 aliphatic rings. The van der Waals surface area contributed by atoms with Crippen molar-refractivity contribution in [3.05, 3.63) is 113 Å². The number of benzene rings is 3. The Bertz CT molecular complexity index is 1270. The number of carbonyl (C=O) groups excluding carboxylic acids is 1. The molecule has 0 spiro atoms. The lowest BCUT2D eigenvalue weighted by atomic mass is 10.1. The standard InChI is InChI=1S/C25H22N6O3/c32-25(21-7-4-8-24(15-21)31(33)34)28-18-30(29-14-13-22-16-26-17-27-22)23-11-9-20(10-12-23)19-5-2-1-3-6-19/h1-12,15-18,29H,13-14H2,(H,26,27). The number of aliphatic imine (C=N–C) groups is 1. The fourth-order valence-corrected chi connectivity index (χ4v) is 3.31. The summed E-state index contributed by atoms with van der Waals surface area (Å²) in [6, 6.07) is 23.3. The second-order valence-corrected chi connectivity index (χ2v) is 7.38. The highest BCUT2D eigenvalue weighted by Crippen LogP contribution is 2.22. The van der Waals surface area contributed by atoms with Crippen molar-refractivity contribution in [2.75, 3.05) is 11.6 Å². The van der Waals surface area contributed by atoms with Gasteiger partial charge in [0.15, 0.2) is 0 Å². The van der Waals surface area contributed by atoms with Gasteiger partial charge in [0.25, 0.3) is 11.6 Å². The number of carbonyl (C=O) groups is 1. The number of nitro benzene ring substituents is 1. The highest BCUT2D eigenvalue weighted by Gasteiger charge is 2.12. The zero-order chi connectivity index (χ0) is 23.8. The maximum atomic E-state index is 12.6. The monoisotopic (exact) mass is 454 g/mol. The summed E-state index contributed by atoms with van der Waals surface area (Å²) < 4.78 is 0. The van der Waals surface area contributed by atoms with Crippen molar-refractivity contribution in [2.24, 2.45) is 4.99 Å². The summed E-state index contributed by atoms with van der Waals surface area (Å²) >= 11 is 0. The van der Waals surface area contributed by atoms with Crippen LogP contribution < -0.4 is 10.4 Å². The topological polar surface area (TPSA) is 117 Å². The molecule has 1 aromatic heterocycles. The van der Waals surface area contributed by atoms with Gasteiger partial charge in [0, 0.05) is 42.6 Å². The summed E-state index contributed by atoms with van der Waals surface area (Å²) in [6.07, 6.45) is 5.44. The van der Waals surface area contributed by atoms with Crippen LogP contribution in [0.1, 0.15) is 16.1 Å². The largest absolute Gasteiger partial charge is 0.348 e. The Balaban J connectivity index is 1.53. The Morgan fingerprint density at radius 3 is 2.53 bits per heavy atom. The second-order valence-electron chi connectivity index (χ2n) is 7.38. The molecule has 1 amide bonds. The van der Waals surface area contributed by atoms with E-state index in [2.05, 4.69) is 20.4 Å². The molecule has 0 aliphatic carbocycles. The zero-order valence-electron chi connectivity index (χ0n) is 18.2. The normalized spacial score (nSPS) is 10.9. The number of nitro groups is 1. The number of anilines is 1. The van der Waals surface area contributed by atoms with Gasteiger partial charge in [-0.15, -0.1) is 0 Å². The van der Waals surface area contributed by atoms with Gasteiger partial charge in [-0.25, -0.2) is 10.4 Å². The van der Waals surface area contributed by atoms with Crippen molar-refractivity contribution in [1.82, 2.24) is 15.4 Å². The molecule has 0 saturated carbocycles. The first-order chi connectivity index (χ1) is 16.6. The van der Waals surface area contributed by atoms with Crippen LogP contribution in [-0.4, -0.2) is 33.7 Å². The number of hydrogen-bond donors (Lipinski definition) is 2. The quantitative estimate of drug-likeness (QED) is 0.167. The van der Waals surface area contributed by atoms with Crippen LogP contribution in [0.3, 0.4) is 0 Å². The summed E-state index contributed by atoms with van der Waals surface area (Å²) in [5.41, 5.74) is 7.13. The lowest BCUT2D eigenvalue weighted by Crippen LogP contribution is -2.38. The van der Waals surface area contributed by atoms with Crippen molar-refractivity contribution < 1.29 is 9.72 Å². The third-order valence-electron chi connectivity index (χ3n) is 5.08. The SMILES string of the molecule is O=C(N=CN(NCCc1cnc[nH]1)c1ccc(-c2ccccc2)cc1)c1cccc([N+](=O)[O-])c1. The Morgan fingerprint density at radius 1 is 1.06 bits per heavy atom. The lowest BCUT2D eigenvalue weighted by Gasteiger charge is -2.21. The van der Waals surface area contributed by atoms with E-state index in [0.29, 0.717) is 13.0 Å². The molecule has 0 bridgehead atoms. The highest BCUT2D eigenvalue weighted by molar-refractivity contribution is 6.01. The minimum atomic E-state index is -0.579. The number of amides is 1. The van der Waals surface area contributed by atoms with Crippen LogP contribution in [-0.2, 0) is 6.42 Å². The molecule has 0 fully saturated rings. The molecule has 0 aliphatic heterocycles. The van der Waals surface area contributed by atoms with Crippen molar-refractivity contribution in [1.29, 1.82) is 0 Å². The number of hydrogen-bond acceptors (Lipinski definition) is 5. The number of aromatic nitrogens is 2. The van der Waals surface area contributed by atoms with Gasteiger partial charge in [-0.3, -0.25) is 19.9 Å². The average Bonchev–Trinajstić information content (AvgIpc) is 3.40. The van der Waals surface area contributed by atoms with Gasteiger partial charge in [-0.05, 0) is 29.3 Å². The molecule has 4 aromatic rings. The molecule has 170 valence electrons. The number of nitrogens with zero attached hydrogens (tertiary/aromatic N) is 4. The van der Waals surface area contributed by atoms with Crippen molar-refractivity contribution in [3.8, 4) is 11.1 Å². The van der Waals surface area contributed by atoms with Gasteiger partial charge in [0.2, 0.25) is 0 Å². The summed E-state index contributed by atoms with van der Waals surface area (Å²) in [4.78, 5) is 34.1. The summed E-state index contributed by atoms with van der Waals surface area (Å²) in [6.45, 7) is 0.555. The van der Waals surface area contributed by atoms with Crippen LogP contribution in [0, 0.1) is 10.1 Å². The summed E-state index contributed by atoms with van der Waals surface area (Å²) in [5, 5.41) is 12.7. The maximum absolute atomic E-state index is 12.6. The number of imidazole rings is 1. The zero-order valence-corrected chi connectivity index (χ0v) is 18.2. The highest BCUT2D eigenvalue weighted by atomic mass is 16.6. The smallest absolute Gasteiger partial charge is 0.278 e.